The maximum absolute atomic E-state index is 5.13. The van der Waals surface area contributed by atoms with E-state index in [0.717, 1.165) is 66.2 Å². The van der Waals surface area contributed by atoms with Crippen molar-refractivity contribution in [3.8, 4) is 45.5 Å². The molecule has 6 aromatic carbocycles. The minimum absolute atomic E-state index is 0.573. The van der Waals surface area contributed by atoms with Gasteiger partial charge in [0.1, 0.15) is 0 Å². The van der Waals surface area contributed by atoms with Crippen LogP contribution in [0.2, 0.25) is 0 Å². The molecule has 0 saturated heterocycles. The van der Waals surface area contributed by atoms with Gasteiger partial charge in [-0.3, -0.25) is 9.55 Å². The molecule has 4 aromatic heterocycles. The van der Waals surface area contributed by atoms with Crippen molar-refractivity contribution in [3.05, 3.63) is 170 Å². The molecule has 0 aliphatic rings. The molecular weight excluding hydrogens is 613 g/mol. The maximum atomic E-state index is 5.13. The average Bonchev–Trinajstić information content (AvgIpc) is 3.72. The highest BCUT2D eigenvalue weighted by Crippen LogP contribution is 2.43. The Morgan fingerprint density at radius 1 is 0.380 bits per heavy atom. The number of benzene rings is 6. The van der Waals surface area contributed by atoms with E-state index >= 15 is 0 Å². The standard InChI is InChI=1S/C44H28N6/c1-4-14-29(15-5-1)42-46-43(30-16-6-2-7-17-30)48-44(47-42)50-36-23-11-10-20-34(36)40-32(21-13-25-39(40)50)33-22-12-24-38-41(33)35-28-45-27-26-37(35)49(38)31-18-8-3-9-19-31/h1-28H. The molecular formula is C44H28N6. The summed E-state index contributed by atoms with van der Waals surface area (Å²) in [6.07, 6.45) is 3.86. The Labute approximate surface area is 287 Å². The predicted molar refractivity (Wildman–Crippen MR) is 203 cm³/mol. The molecule has 0 bridgehead atoms. The van der Waals surface area contributed by atoms with Crippen LogP contribution in [0.4, 0.5) is 0 Å². The first kappa shape index (κ1) is 28.1. The van der Waals surface area contributed by atoms with Gasteiger partial charge in [-0.15, -0.1) is 0 Å². The van der Waals surface area contributed by atoms with Crippen molar-refractivity contribution in [2.24, 2.45) is 0 Å². The Morgan fingerprint density at radius 2 is 0.900 bits per heavy atom. The van der Waals surface area contributed by atoms with Gasteiger partial charge in [0.15, 0.2) is 11.6 Å². The topological polar surface area (TPSA) is 61.4 Å². The first-order chi connectivity index (χ1) is 24.8. The molecule has 0 saturated carbocycles. The van der Waals surface area contributed by atoms with Crippen LogP contribution in [-0.2, 0) is 0 Å². The molecule has 6 heteroatoms. The van der Waals surface area contributed by atoms with E-state index in [2.05, 4.69) is 111 Å². The zero-order valence-corrected chi connectivity index (χ0v) is 26.8. The summed E-state index contributed by atoms with van der Waals surface area (Å²) in [4.78, 5) is 19.8. The molecule has 0 spiro atoms. The van der Waals surface area contributed by atoms with Crippen molar-refractivity contribution in [2.75, 3.05) is 0 Å². The fraction of sp³-hybridized carbons (Fsp3) is 0. The quantitative estimate of drug-likeness (QED) is 0.188. The van der Waals surface area contributed by atoms with E-state index in [1.807, 2.05) is 73.1 Å². The zero-order valence-electron chi connectivity index (χ0n) is 26.8. The summed E-state index contributed by atoms with van der Waals surface area (Å²) in [5.41, 5.74) is 9.58. The molecule has 6 nitrogen and oxygen atoms in total. The Bertz CT molecular complexity index is 2800. The SMILES string of the molecule is c1ccc(-c2nc(-c3ccccc3)nc(-n3c4ccccc4c4c(-c5cccc6c5c5cnccc5n6-c5ccccc5)cccc43)n2)cc1. The summed E-state index contributed by atoms with van der Waals surface area (Å²) in [5.74, 6) is 1.83. The maximum Gasteiger partial charge on any atom is 0.238 e. The molecule has 10 aromatic rings. The van der Waals surface area contributed by atoms with Gasteiger partial charge in [-0.1, -0.05) is 121 Å². The molecule has 0 aliphatic heterocycles. The third kappa shape index (κ3) is 4.36. The van der Waals surface area contributed by atoms with Gasteiger partial charge in [0.2, 0.25) is 5.95 Å². The van der Waals surface area contributed by atoms with Crippen LogP contribution in [0.25, 0.3) is 89.2 Å². The second-order valence-corrected chi connectivity index (χ2v) is 12.3. The van der Waals surface area contributed by atoms with E-state index in [0.29, 0.717) is 17.6 Å². The molecule has 0 aliphatic carbocycles. The van der Waals surface area contributed by atoms with E-state index in [9.17, 15) is 0 Å². The zero-order chi connectivity index (χ0) is 33.0. The van der Waals surface area contributed by atoms with Gasteiger partial charge in [0.25, 0.3) is 0 Å². The minimum Gasteiger partial charge on any atom is -0.309 e. The Morgan fingerprint density at radius 3 is 1.56 bits per heavy atom. The van der Waals surface area contributed by atoms with Crippen molar-refractivity contribution in [3.63, 3.8) is 0 Å². The summed E-state index contributed by atoms with van der Waals surface area (Å²) in [7, 11) is 0. The second kappa shape index (κ2) is 11.4. The summed E-state index contributed by atoms with van der Waals surface area (Å²) < 4.78 is 4.52. The smallest absolute Gasteiger partial charge is 0.238 e. The lowest BCUT2D eigenvalue weighted by Gasteiger charge is -2.11. The lowest BCUT2D eigenvalue weighted by molar-refractivity contribution is 0.953. The van der Waals surface area contributed by atoms with Crippen LogP contribution in [0.3, 0.4) is 0 Å². The molecule has 4 heterocycles. The summed E-state index contributed by atoms with van der Waals surface area (Å²) in [6, 6.07) is 54.5. The molecule has 0 amide bonds. The van der Waals surface area contributed by atoms with E-state index in [1.165, 1.54) is 5.39 Å². The van der Waals surface area contributed by atoms with Gasteiger partial charge in [0.05, 0.1) is 22.1 Å². The number of nitrogens with zero attached hydrogens (tertiary/aromatic N) is 6. The number of pyridine rings is 1. The molecule has 234 valence electrons. The largest absolute Gasteiger partial charge is 0.309 e. The summed E-state index contributed by atoms with van der Waals surface area (Å²) in [5, 5.41) is 4.55. The first-order valence-electron chi connectivity index (χ1n) is 16.7. The van der Waals surface area contributed by atoms with Crippen LogP contribution < -0.4 is 0 Å². The molecule has 10 rings (SSSR count). The van der Waals surface area contributed by atoms with Crippen LogP contribution in [0.15, 0.2) is 170 Å². The highest BCUT2D eigenvalue weighted by Gasteiger charge is 2.22. The van der Waals surface area contributed by atoms with E-state index < -0.39 is 0 Å². The van der Waals surface area contributed by atoms with E-state index in [4.69, 9.17) is 15.0 Å². The van der Waals surface area contributed by atoms with E-state index in [1.54, 1.807) is 0 Å². The number of fused-ring (bicyclic) bond motifs is 6. The second-order valence-electron chi connectivity index (χ2n) is 12.3. The van der Waals surface area contributed by atoms with Gasteiger partial charge >= 0.3 is 0 Å². The van der Waals surface area contributed by atoms with Crippen molar-refractivity contribution in [2.45, 2.75) is 0 Å². The first-order valence-corrected chi connectivity index (χ1v) is 16.7. The number of para-hydroxylation sites is 2. The highest BCUT2D eigenvalue weighted by molar-refractivity contribution is 6.22. The molecule has 50 heavy (non-hydrogen) atoms. The lowest BCUT2D eigenvalue weighted by atomic mass is 9.95. The minimum atomic E-state index is 0.573. The molecule has 0 atom stereocenters. The van der Waals surface area contributed by atoms with Gasteiger partial charge in [-0.2, -0.15) is 9.97 Å². The fourth-order valence-electron chi connectivity index (χ4n) is 7.35. The summed E-state index contributed by atoms with van der Waals surface area (Å²) in [6.45, 7) is 0. The van der Waals surface area contributed by atoms with Crippen molar-refractivity contribution >= 4 is 43.6 Å². The van der Waals surface area contributed by atoms with E-state index in [-0.39, 0.29) is 0 Å². The molecule has 0 radical (unpaired) electrons. The predicted octanol–water partition coefficient (Wildman–Crippen LogP) is 10.5. The van der Waals surface area contributed by atoms with Crippen LogP contribution >= 0.6 is 0 Å². The Kier molecular flexibility index (Phi) is 6.39. The van der Waals surface area contributed by atoms with Gasteiger partial charge in [-0.25, -0.2) is 4.98 Å². The normalized spacial score (nSPS) is 11.6. The highest BCUT2D eigenvalue weighted by atomic mass is 15.2. The van der Waals surface area contributed by atoms with Crippen molar-refractivity contribution in [1.29, 1.82) is 0 Å². The van der Waals surface area contributed by atoms with Crippen LogP contribution in [0.5, 0.6) is 0 Å². The van der Waals surface area contributed by atoms with Crippen LogP contribution in [0.1, 0.15) is 0 Å². The fourth-order valence-corrected chi connectivity index (χ4v) is 7.35. The number of aromatic nitrogens is 6. The average molecular weight is 641 g/mol. The third-order valence-electron chi connectivity index (χ3n) is 9.48. The molecule has 0 N–H and O–H groups in total. The van der Waals surface area contributed by atoms with Gasteiger partial charge in [-0.05, 0) is 47.5 Å². The number of hydrogen-bond acceptors (Lipinski definition) is 4. The Hall–Kier alpha value is -6.92. The van der Waals surface area contributed by atoms with Gasteiger partial charge in [0, 0.05) is 50.8 Å². The summed E-state index contributed by atoms with van der Waals surface area (Å²) >= 11 is 0. The van der Waals surface area contributed by atoms with Crippen LogP contribution in [-0.4, -0.2) is 29.1 Å². The Balaban J connectivity index is 1.28. The van der Waals surface area contributed by atoms with Crippen LogP contribution in [0, 0.1) is 0 Å². The van der Waals surface area contributed by atoms with Crippen molar-refractivity contribution < 1.29 is 0 Å². The van der Waals surface area contributed by atoms with Crippen molar-refractivity contribution in [1.82, 2.24) is 29.1 Å². The lowest BCUT2D eigenvalue weighted by Crippen LogP contribution is -2.06. The monoisotopic (exact) mass is 640 g/mol. The molecule has 0 unspecified atom stereocenters. The number of hydrogen-bond donors (Lipinski definition) is 0. The molecule has 0 fully saturated rings. The third-order valence-corrected chi connectivity index (χ3v) is 9.48. The number of rotatable bonds is 5. The van der Waals surface area contributed by atoms with Gasteiger partial charge < -0.3 is 4.57 Å².